The third-order valence-electron chi connectivity index (χ3n) is 4.91. The summed E-state index contributed by atoms with van der Waals surface area (Å²) in [4.78, 5) is 14.4. The molecular formula is C23H24BrNO3S2. The highest BCUT2D eigenvalue weighted by atomic mass is 79.9. The van der Waals surface area contributed by atoms with Gasteiger partial charge in [-0.15, -0.1) is 0 Å². The van der Waals surface area contributed by atoms with E-state index in [9.17, 15) is 4.79 Å². The van der Waals surface area contributed by atoms with Crippen LogP contribution in [-0.2, 0) is 4.79 Å². The largest absolute Gasteiger partial charge is 0.490 e. The average Bonchev–Trinajstić information content (AvgIpc) is 2.98. The van der Waals surface area contributed by atoms with Crippen LogP contribution >= 0.6 is 39.9 Å². The van der Waals surface area contributed by atoms with Crippen molar-refractivity contribution in [2.24, 2.45) is 0 Å². The van der Waals surface area contributed by atoms with Gasteiger partial charge in [0.25, 0.3) is 5.91 Å². The van der Waals surface area contributed by atoms with E-state index in [0.29, 0.717) is 34.1 Å². The molecule has 0 saturated carbocycles. The number of rotatable bonds is 8. The molecule has 1 heterocycles. The van der Waals surface area contributed by atoms with Gasteiger partial charge >= 0.3 is 0 Å². The van der Waals surface area contributed by atoms with Crippen molar-refractivity contribution in [2.45, 2.75) is 26.2 Å². The minimum absolute atomic E-state index is 0.0964. The topological polar surface area (TPSA) is 38.8 Å². The first-order chi connectivity index (χ1) is 14.4. The summed E-state index contributed by atoms with van der Waals surface area (Å²) in [7, 11) is 1.69. The molecule has 4 nitrogen and oxygen atoms in total. The van der Waals surface area contributed by atoms with Crippen molar-refractivity contribution in [2.75, 3.05) is 20.3 Å². The Balaban J connectivity index is 1.67. The maximum atomic E-state index is 12.3. The summed E-state index contributed by atoms with van der Waals surface area (Å²) in [5.74, 6) is 1.94. The van der Waals surface area contributed by atoms with E-state index in [-0.39, 0.29) is 5.91 Å². The fourth-order valence-corrected chi connectivity index (χ4v) is 4.54. The lowest BCUT2D eigenvalue weighted by atomic mass is 9.98. The molecular weight excluding hydrogens is 482 g/mol. The lowest BCUT2D eigenvalue weighted by Crippen LogP contribution is -2.22. The van der Waals surface area contributed by atoms with Gasteiger partial charge in [0, 0.05) is 17.1 Å². The van der Waals surface area contributed by atoms with E-state index in [2.05, 4.69) is 35.8 Å². The predicted molar refractivity (Wildman–Crippen MR) is 131 cm³/mol. The zero-order valence-corrected chi connectivity index (χ0v) is 20.4. The third kappa shape index (κ3) is 5.45. The summed E-state index contributed by atoms with van der Waals surface area (Å²) in [6.45, 7) is 5.20. The van der Waals surface area contributed by atoms with Gasteiger partial charge in [0.05, 0.1) is 4.91 Å². The first kappa shape index (κ1) is 22.8. The number of hydrogen-bond donors (Lipinski definition) is 0. The van der Waals surface area contributed by atoms with Crippen LogP contribution in [-0.4, -0.2) is 35.4 Å². The van der Waals surface area contributed by atoms with Crippen LogP contribution in [0.4, 0.5) is 0 Å². The number of amides is 1. The summed E-state index contributed by atoms with van der Waals surface area (Å²) in [5.41, 5.74) is 2.03. The highest BCUT2D eigenvalue weighted by Gasteiger charge is 2.29. The van der Waals surface area contributed by atoms with Crippen LogP contribution < -0.4 is 9.47 Å². The zero-order chi connectivity index (χ0) is 21.7. The molecule has 1 atom stereocenters. The Morgan fingerprint density at radius 1 is 1.17 bits per heavy atom. The number of halogens is 1. The van der Waals surface area contributed by atoms with Crippen molar-refractivity contribution < 1.29 is 14.3 Å². The number of thiocarbonyl (C=S) groups is 1. The number of benzene rings is 2. The minimum Gasteiger partial charge on any atom is -0.490 e. The molecule has 0 N–H and O–H groups in total. The molecule has 158 valence electrons. The summed E-state index contributed by atoms with van der Waals surface area (Å²) in [5, 5.41) is 0. The number of likely N-dealkylation sites (N-methyl/N-ethyl adjacent to an activating group) is 1. The quantitative estimate of drug-likeness (QED) is 0.240. The zero-order valence-electron chi connectivity index (χ0n) is 17.2. The van der Waals surface area contributed by atoms with Crippen molar-refractivity contribution in [3.05, 3.63) is 63.0 Å². The Kier molecular flexibility index (Phi) is 7.97. The van der Waals surface area contributed by atoms with Gasteiger partial charge in [0.15, 0.2) is 0 Å². The van der Waals surface area contributed by atoms with Crippen molar-refractivity contribution >= 4 is 56.2 Å². The molecule has 1 saturated heterocycles. The number of hydrogen-bond acceptors (Lipinski definition) is 5. The monoisotopic (exact) mass is 505 g/mol. The molecule has 0 bridgehead atoms. The van der Waals surface area contributed by atoms with E-state index in [1.807, 2.05) is 42.5 Å². The maximum Gasteiger partial charge on any atom is 0.265 e. The lowest BCUT2D eigenvalue weighted by Gasteiger charge is -2.16. The second-order valence-corrected chi connectivity index (χ2v) is 9.56. The first-order valence-electron chi connectivity index (χ1n) is 9.76. The molecule has 30 heavy (non-hydrogen) atoms. The molecule has 0 aromatic heterocycles. The van der Waals surface area contributed by atoms with Crippen molar-refractivity contribution in [3.63, 3.8) is 0 Å². The van der Waals surface area contributed by atoms with Gasteiger partial charge in [-0.25, -0.2) is 0 Å². The molecule has 1 amide bonds. The van der Waals surface area contributed by atoms with Gasteiger partial charge in [-0.1, -0.05) is 72.0 Å². The second kappa shape index (κ2) is 10.5. The summed E-state index contributed by atoms with van der Waals surface area (Å²) >= 11 is 9.99. The van der Waals surface area contributed by atoms with Crippen LogP contribution in [0, 0.1) is 0 Å². The standard InChI is InChI=1S/C23H24BrNO3S2/c1-4-15(2)18-7-5-6-8-20(18)28-12-11-27-19-10-9-17(24)13-16(19)14-21-22(26)25(3)23(29)30-21/h5-10,13-15H,4,11-12H2,1-3H3/b21-14-. The highest BCUT2D eigenvalue weighted by Crippen LogP contribution is 2.34. The van der Waals surface area contributed by atoms with Gasteiger partial charge < -0.3 is 9.47 Å². The molecule has 7 heteroatoms. The maximum absolute atomic E-state index is 12.3. The summed E-state index contributed by atoms with van der Waals surface area (Å²) < 4.78 is 13.4. The average molecular weight is 506 g/mol. The van der Waals surface area contributed by atoms with Crippen LogP contribution in [0.3, 0.4) is 0 Å². The van der Waals surface area contributed by atoms with Crippen LogP contribution in [0.1, 0.15) is 37.3 Å². The van der Waals surface area contributed by atoms with Gasteiger partial charge in [0.1, 0.15) is 29.0 Å². The van der Waals surface area contributed by atoms with Crippen LogP contribution in [0.5, 0.6) is 11.5 Å². The predicted octanol–water partition coefficient (Wildman–Crippen LogP) is 6.25. The SMILES string of the molecule is CCC(C)c1ccccc1OCCOc1ccc(Br)cc1/C=C1\SC(=S)N(C)C1=O. The number of carbonyl (C=O) groups is 1. The smallest absolute Gasteiger partial charge is 0.265 e. The van der Waals surface area contributed by atoms with Crippen molar-refractivity contribution in [3.8, 4) is 11.5 Å². The van der Waals surface area contributed by atoms with Gasteiger partial charge in [-0.2, -0.15) is 0 Å². The van der Waals surface area contributed by atoms with E-state index in [1.165, 1.54) is 22.2 Å². The molecule has 1 unspecified atom stereocenters. The highest BCUT2D eigenvalue weighted by molar-refractivity contribution is 9.10. The van der Waals surface area contributed by atoms with E-state index in [4.69, 9.17) is 21.7 Å². The fraction of sp³-hybridized carbons (Fsp3) is 0.304. The summed E-state index contributed by atoms with van der Waals surface area (Å²) in [6, 6.07) is 13.9. The van der Waals surface area contributed by atoms with Gasteiger partial charge in [0.2, 0.25) is 0 Å². The van der Waals surface area contributed by atoms with E-state index >= 15 is 0 Å². The Hall–Kier alpha value is -1.83. The normalized spacial score (nSPS) is 16.3. The molecule has 1 aliphatic rings. The Labute approximate surface area is 195 Å². The van der Waals surface area contributed by atoms with E-state index < -0.39 is 0 Å². The summed E-state index contributed by atoms with van der Waals surface area (Å²) in [6.07, 6.45) is 2.88. The van der Waals surface area contributed by atoms with Crippen LogP contribution in [0.25, 0.3) is 6.08 Å². The van der Waals surface area contributed by atoms with Crippen molar-refractivity contribution in [1.82, 2.24) is 4.90 Å². The fourth-order valence-electron chi connectivity index (χ4n) is 2.99. The molecule has 0 aliphatic carbocycles. The molecule has 0 radical (unpaired) electrons. The number of para-hydroxylation sites is 1. The van der Waals surface area contributed by atoms with Gasteiger partial charge in [-0.05, 0) is 48.2 Å². The first-order valence-corrected chi connectivity index (χ1v) is 11.8. The van der Waals surface area contributed by atoms with Crippen molar-refractivity contribution in [1.29, 1.82) is 0 Å². The Morgan fingerprint density at radius 2 is 1.87 bits per heavy atom. The lowest BCUT2D eigenvalue weighted by molar-refractivity contribution is -0.121. The molecule has 1 aliphatic heterocycles. The van der Waals surface area contributed by atoms with Crippen LogP contribution in [0.15, 0.2) is 51.8 Å². The molecule has 2 aromatic rings. The molecule has 3 rings (SSSR count). The number of carbonyl (C=O) groups excluding carboxylic acids is 1. The molecule has 0 spiro atoms. The number of ether oxygens (including phenoxy) is 2. The second-order valence-electron chi connectivity index (χ2n) is 6.97. The third-order valence-corrected chi connectivity index (χ3v) is 6.88. The van der Waals surface area contributed by atoms with Crippen LogP contribution in [0.2, 0.25) is 0 Å². The molecule has 1 fully saturated rings. The van der Waals surface area contributed by atoms with E-state index in [1.54, 1.807) is 7.05 Å². The number of thioether (sulfide) groups is 1. The Morgan fingerprint density at radius 3 is 2.53 bits per heavy atom. The number of nitrogens with zero attached hydrogens (tertiary/aromatic N) is 1. The van der Waals surface area contributed by atoms with Gasteiger partial charge in [-0.3, -0.25) is 9.69 Å². The molecule has 2 aromatic carbocycles. The van der Waals surface area contributed by atoms with E-state index in [0.717, 1.165) is 22.2 Å². The minimum atomic E-state index is -0.0964. The Bertz CT molecular complexity index is 977.